The number of hydrogen-bond acceptors (Lipinski definition) is 5. The Hall–Kier alpha value is -2.75. The predicted molar refractivity (Wildman–Crippen MR) is 117 cm³/mol. The second-order valence-corrected chi connectivity index (χ2v) is 8.97. The molecule has 1 saturated carbocycles. The Morgan fingerprint density at radius 2 is 1.88 bits per heavy atom. The monoisotopic (exact) mass is 466 g/mol. The van der Waals surface area contributed by atoms with Crippen molar-refractivity contribution in [2.45, 2.75) is 56.7 Å². The Bertz CT molecular complexity index is 831. The van der Waals surface area contributed by atoms with Crippen molar-refractivity contribution in [3.63, 3.8) is 0 Å². The molecular formula is C23H32F2N4O4. The zero-order chi connectivity index (χ0) is 24.0. The van der Waals surface area contributed by atoms with E-state index in [4.69, 9.17) is 10.5 Å². The molecule has 3 amide bonds. The molecule has 0 radical (unpaired) electrons. The molecule has 182 valence electrons. The first-order valence-electron chi connectivity index (χ1n) is 11.3. The van der Waals surface area contributed by atoms with E-state index in [1.807, 2.05) is 30.3 Å². The average Bonchev–Trinajstić information content (AvgIpc) is 3.17. The smallest absolute Gasteiger partial charge is 0.410 e. The van der Waals surface area contributed by atoms with Crippen LogP contribution in [0.3, 0.4) is 0 Å². The number of benzene rings is 1. The number of nitrogens with one attached hydrogen (secondary N) is 1. The first kappa shape index (κ1) is 24.9. The molecule has 0 bridgehead atoms. The third-order valence-electron chi connectivity index (χ3n) is 6.31. The van der Waals surface area contributed by atoms with Crippen LogP contribution >= 0.6 is 0 Å². The lowest BCUT2D eigenvalue weighted by molar-refractivity contribution is -0.134. The molecule has 2 fully saturated rings. The van der Waals surface area contributed by atoms with E-state index in [0.29, 0.717) is 25.7 Å². The standard InChI is InChI=1S/C23H32F2N4O4/c1-28(22(32)33-14-16-5-3-2-4-6-16)13-19(30)27-18-9-7-17(8-10-18)20(26)21(31)29-12-11-23(24,25)15-29/h2-6,17-18,20H,7-15,26H2,1H3,(H,27,30). The van der Waals surface area contributed by atoms with Gasteiger partial charge in [-0.25, -0.2) is 13.6 Å². The average molecular weight is 467 g/mol. The molecule has 0 aromatic heterocycles. The Balaban J connectivity index is 1.36. The fourth-order valence-electron chi connectivity index (χ4n) is 4.34. The van der Waals surface area contributed by atoms with Crippen molar-refractivity contribution in [1.29, 1.82) is 0 Å². The zero-order valence-corrected chi connectivity index (χ0v) is 18.8. The van der Waals surface area contributed by atoms with Gasteiger partial charge in [0.25, 0.3) is 5.92 Å². The van der Waals surface area contributed by atoms with Crippen molar-refractivity contribution < 1.29 is 27.9 Å². The van der Waals surface area contributed by atoms with E-state index in [1.54, 1.807) is 0 Å². The van der Waals surface area contributed by atoms with Gasteiger partial charge >= 0.3 is 6.09 Å². The maximum absolute atomic E-state index is 13.4. The van der Waals surface area contributed by atoms with Crippen molar-refractivity contribution in [1.82, 2.24) is 15.1 Å². The summed E-state index contributed by atoms with van der Waals surface area (Å²) in [5.74, 6) is -3.65. The van der Waals surface area contributed by atoms with Crippen LogP contribution in [0.15, 0.2) is 30.3 Å². The van der Waals surface area contributed by atoms with Crippen molar-refractivity contribution in [2.75, 3.05) is 26.7 Å². The van der Waals surface area contributed by atoms with Gasteiger partial charge in [0.15, 0.2) is 0 Å². The van der Waals surface area contributed by atoms with Crippen LogP contribution in [-0.2, 0) is 20.9 Å². The van der Waals surface area contributed by atoms with Gasteiger partial charge in [-0.05, 0) is 37.2 Å². The van der Waals surface area contributed by atoms with Gasteiger partial charge in [-0.2, -0.15) is 0 Å². The van der Waals surface area contributed by atoms with Gasteiger partial charge in [0.1, 0.15) is 13.2 Å². The van der Waals surface area contributed by atoms with Gasteiger partial charge < -0.3 is 25.6 Å². The molecule has 10 heteroatoms. The van der Waals surface area contributed by atoms with E-state index in [-0.39, 0.29) is 44.0 Å². The van der Waals surface area contributed by atoms with Gasteiger partial charge in [0.2, 0.25) is 11.8 Å². The molecule has 1 aromatic rings. The molecule has 33 heavy (non-hydrogen) atoms. The predicted octanol–water partition coefficient (Wildman–Crippen LogP) is 2.12. The zero-order valence-electron chi connectivity index (χ0n) is 18.8. The van der Waals surface area contributed by atoms with E-state index in [2.05, 4.69) is 5.32 Å². The molecule has 1 aliphatic heterocycles. The van der Waals surface area contributed by atoms with Crippen LogP contribution in [-0.4, -0.2) is 72.4 Å². The molecule has 3 rings (SSSR count). The molecule has 8 nitrogen and oxygen atoms in total. The fourth-order valence-corrected chi connectivity index (χ4v) is 4.34. The fraction of sp³-hybridized carbons (Fsp3) is 0.609. The number of carbonyl (C=O) groups excluding carboxylic acids is 3. The topological polar surface area (TPSA) is 105 Å². The second-order valence-electron chi connectivity index (χ2n) is 8.97. The minimum Gasteiger partial charge on any atom is -0.445 e. The number of likely N-dealkylation sites (tertiary alicyclic amines) is 1. The van der Waals surface area contributed by atoms with Crippen LogP contribution in [0.25, 0.3) is 0 Å². The number of likely N-dealkylation sites (N-methyl/N-ethyl adjacent to an activating group) is 1. The lowest BCUT2D eigenvalue weighted by Gasteiger charge is -2.33. The Morgan fingerprint density at radius 1 is 1.21 bits per heavy atom. The Labute approximate surface area is 192 Å². The normalized spacial score (nSPS) is 23.0. The summed E-state index contributed by atoms with van der Waals surface area (Å²) < 4.78 is 32.0. The van der Waals surface area contributed by atoms with E-state index < -0.39 is 30.5 Å². The highest BCUT2D eigenvalue weighted by atomic mass is 19.3. The quantitative estimate of drug-likeness (QED) is 0.641. The van der Waals surface area contributed by atoms with Gasteiger partial charge in [-0.3, -0.25) is 9.59 Å². The van der Waals surface area contributed by atoms with Crippen molar-refractivity contribution in [2.24, 2.45) is 11.7 Å². The first-order valence-corrected chi connectivity index (χ1v) is 11.3. The minimum absolute atomic E-state index is 0.0340. The third kappa shape index (κ3) is 7.12. The van der Waals surface area contributed by atoms with Gasteiger partial charge in [-0.1, -0.05) is 30.3 Å². The number of hydrogen-bond donors (Lipinski definition) is 2. The van der Waals surface area contributed by atoms with Gasteiger partial charge in [0, 0.05) is 26.1 Å². The van der Waals surface area contributed by atoms with Gasteiger partial charge in [-0.15, -0.1) is 0 Å². The number of nitrogens with zero attached hydrogens (tertiary/aromatic N) is 2. The summed E-state index contributed by atoms with van der Waals surface area (Å²) >= 11 is 0. The second kappa shape index (κ2) is 10.9. The van der Waals surface area contributed by atoms with Crippen molar-refractivity contribution in [3.05, 3.63) is 35.9 Å². The minimum atomic E-state index is -2.83. The van der Waals surface area contributed by atoms with Crippen LogP contribution in [0.1, 0.15) is 37.7 Å². The maximum atomic E-state index is 13.4. The van der Waals surface area contributed by atoms with E-state index >= 15 is 0 Å². The van der Waals surface area contributed by atoms with Crippen LogP contribution < -0.4 is 11.1 Å². The molecule has 1 aromatic carbocycles. The van der Waals surface area contributed by atoms with Crippen LogP contribution in [0.4, 0.5) is 13.6 Å². The number of nitrogens with two attached hydrogens (primary N) is 1. The van der Waals surface area contributed by atoms with Crippen molar-refractivity contribution >= 4 is 17.9 Å². The Morgan fingerprint density at radius 3 is 2.48 bits per heavy atom. The third-order valence-corrected chi connectivity index (χ3v) is 6.31. The highest BCUT2D eigenvalue weighted by Gasteiger charge is 2.42. The molecule has 2 aliphatic rings. The summed E-state index contributed by atoms with van der Waals surface area (Å²) in [5.41, 5.74) is 6.95. The van der Waals surface area contributed by atoms with E-state index in [1.165, 1.54) is 11.9 Å². The van der Waals surface area contributed by atoms with E-state index in [0.717, 1.165) is 10.5 Å². The summed E-state index contributed by atoms with van der Waals surface area (Å²) in [6.07, 6.45) is 1.60. The molecule has 1 saturated heterocycles. The molecule has 3 N–H and O–H groups in total. The molecule has 1 unspecified atom stereocenters. The maximum Gasteiger partial charge on any atom is 0.410 e. The number of halogens is 2. The number of ether oxygens (including phenoxy) is 1. The highest BCUT2D eigenvalue weighted by Crippen LogP contribution is 2.30. The summed E-state index contributed by atoms with van der Waals surface area (Å²) in [7, 11) is 1.50. The lowest BCUT2D eigenvalue weighted by atomic mass is 9.81. The number of alkyl halides is 2. The number of carbonyl (C=O) groups is 3. The lowest BCUT2D eigenvalue weighted by Crippen LogP contribution is -2.50. The van der Waals surface area contributed by atoms with E-state index in [9.17, 15) is 23.2 Å². The Kier molecular flexibility index (Phi) is 8.23. The largest absolute Gasteiger partial charge is 0.445 e. The molecular weight excluding hydrogens is 434 g/mol. The summed E-state index contributed by atoms with van der Waals surface area (Å²) in [6, 6.07) is 8.37. The van der Waals surface area contributed by atoms with Crippen LogP contribution in [0, 0.1) is 5.92 Å². The molecule has 0 spiro atoms. The molecule has 1 atom stereocenters. The van der Waals surface area contributed by atoms with Crippen LogP contribution in [0.5, 0.6) is 0 Å². The van der Waals surface area contributed by atoms with Gasteiger partial charge in [0.05, 0.1) is 12.6 Å². The molecule has 1 aliphatic carbocycles. The van der Waals surface area contributed by atoms with Crippen LogP contribution in [0.2, 0.25) is 0 Å². The summed E-state index contributed by atoms with van der Waals surface area (Å²) in [4.78, 5) is 39.3. The molecule has 1 heterocycles. The first-order chi connectivity index (χ1) is 15.6. The number of amides is 3. The summed E-state index contributed by atoms with van der Waals surface area (Å²) in [6.45, 7) is -0.531. The SMILES string of the molecule is CN(CC(=O)NC1CCC(C(N)C(=O)N2CCC(F)(F)C2)CC1)C(=O)OCc1ccccc1. The summed E-state index contributed by atoms with van der Waals surface area (Å²) in [5, 5.41) is 2.91. The van der Waals surface area contributed by atoms with Crippen molar-refractivity contribution in [3.8, 4) is 0 Å². The highest BCUT2D eigenvalue weighted by molar-refractivity contribution is 5.83. The number of rotatable bonds is 7.